The smallest absolute Gasteiger partial charge is 0.142 e. The third-order valence-electron chi connectivity index (χ3n) is 2.24. The molecular formula is C11H23NOS. The highest BCUT2D eigenvalue weighted by molar-refractivity contribution is 7.99. The number of thioether (sulfide) groups is 1. The summed E-state index contributed by atoms with van der Waals surface area (Å²) in [6, 6.07) is 0. The molecule has 14 heavy (non-hydrogen) atoms. The lowest BCUT2D eigenvalue weighted by molar-refractivity contribution is -0.116. The number of Topliss-reactive ketones (excluding diaryl/α,β-unsaturated/α-hetero) is 1. The second kappa shape index (κ2) is 9.53. The van der Waals surface area contributed by atoms with Gasteiger partial charge in [-0.05, 0) is 19.5 Å². The van der Waals surface area contributed by atoms with Gasteiger partial charge in [-0.1, -0.05) is 20.8 Å². The van der Waals surface area contributed by atoms with Gasteiger partial charge in [-0.2, -0.15) is 11.8 Å². The maximum Gasteiger partial charge on any atom is 0.142 e. The Morgan fingerprint density at radius 1 is 1.21 bits per heavy atom. The zero-order chi connectivity index (χ0) is 10.8. The third kappa shape index (κ3) is 7.39. The lowest BCUT2D eigenvalue weighted by Crippen LogP contribution is -2.25. The maximum absolute atomic E-state index is 11.2. The van der Waals surface area contributed by atoms with Crippen LogP contribution in [0.3, 0.4) is 0 Å². The monoisotopic (exact) mass is 217 g/mol. The zero-order valence-electron chi connectivity index (χ0n) is 9.71. The predicted molar refractivity (Wildman–Crippen MR) is 65.0 cm³/mol. The summed E-state index contributed by atoms with van der Waals surface area (Å²) in [5, 5.41) is 0. The summed E-state index contributed by atoms with van der Waals surface area (Å²) >= 11 is 1.77. The van der Waals surface area contributed by atoms with Crippen molar-refractivity contribution in [1.82, 2.24) is 4.90 Å². The maximum atomic E-state index is 11.2. The van der Waals surface area contributed by atoms with Crippen LogP contribution in [0.1, 0.15) is 33.6 Å². The van der Waals surface area contributed by atoms with E-state index in [1.54, 1.807) is 11.8 Å². The second-order valence-corrected chi connectivity index (χ2v) is 4.47. The Morgan fingerprint density at radius 2 is 1.86 bits per heavy atom. The second-order valence-electron chi connectivity index (χ2n) is 3.37. The van der Waals surface area contributed by atoms with Crippen LogP contribution >= 0.6 is 11.8 Å². The first-order valence-corrected chi connectivity index (χ1v) is 6.71. The van der Waals surface area contributed by atoms with Crippen molar-refractivity contribution in [3.05, 3.63) is 0 Å². The molecule has 2 nitrogen and oxygen atoms in total. The summed E-state index contributed by atoms with van der Waals surface area (Å²) in [5.74, 6) is 2.18. The zero-order valence-corrected chi connectivity index (χ0v) is 10.5. The molecule has 0 radical (unpaired) electrons. The van der Waals surface area contributed by atoms with Gasteiger partial charge >= 0.3 is 0 Å². The first kappa shape index (κ1) is 14.0. The van der Waals surface area contributed by atoms with Crippen LogP contribution in [-0.2, 0) is 4.79 Å². The van der Waals surface area contributed by atoms with Gasteiger partial charge in [0.2, 0.25) is 0 Å². The van der Waals surface area contributed by atoms with Gasteiger partial charge in [0.25, 0.3) is 0 Å². The van der Waals surface area contributed by atoms with Gasteiger partial charge in [0.15, 0.2) is 0 Å². The van der Waals surface area contributed by atoms with Gasteiger partial charge in [0.05, 0.1) is 5.75 Å². The molecule has 0 rings (SSSR count). The molecular weight excluding hydrogens is 194 g/mol. The SMILES string of the molecule is CCCC(=O)CSCCN(CC)CC. The average Bonchev–Trinajstić information content (AvgIpc) is 2.19. The number of carbonyl (C=O) groups excluding carboxylic acids is 1. The van der Waals surface area contributed by atoms with Crippen molar-refractivity contribution < 1.29 is 4.79 Å². The summed E-state index contributed by atoms with van der Waals surface area (Å²) < 4.78 is 0. The molecule has 0 saturated heterocycles. The molecule has 0 bridgehead atoms. The summed E-state index contributed by atoms with van der Waals surface area (Å²) in [4.78, 5) is 13.6. The summed E-state index contributed by atoms with van der Waals surface area (Å²) in [5.41, 5.74) is 0. The molecule has 0 aliphatic carbocycles. The van der Waals surface area contributed by atoms with Gasteiger partial charge in [0, 0.05) is 18.7 Å². The number of carbonyl (C=O) groups is 1. The molecule has 0 N–H and O–H groups in total. The van der Waals surface area contributed by atoms with Crippen molar-refractivity contribution in [1.29, 1.82) is 0 Å². The van der Waals surface area contributed by atoms with E-state index in [0.717, 1.165) is 38.2 Å². The van der Waals surface area contributed by atoms with Crippen molar-refractivity contribution in [2.45, 2.75) is 33.6 Å². The van der Waals surface area contributed by atoms with Crippen molar-refractivity contribution in [2.75, 3.05) is 31.1 Å². The first-order chi connectivity index (χ1) is 6.74. The number of nitrogens with zero attached hydrogens (tertiary/aromatic N) is 1. The highest BCUT2D eigenvalue weighted by Crippen LogP contribution is 2.04. The van der Waals surface area contributed by atoms with E-state index in [9.17, 15) is 4.79 Å². The minimum absolute atomic E-state index is 0.400. The summed E-state index contributed by atoms with van der Waals surface area (Å²) in [7, 11) is 0. The van der Waals surface area contributed by atoms with Crippen LogP contribution in [0.15, 0.2) is 0 Å². The predicted octanol–water partition coefficient (Wildman–Crippen LogP) is 2.43. The van der Waals surface area contributed by atoms with Gasteiger partial charge in [-0.25, -0.2) is 0 Å². The molecule has 0 aliphatic heterocycles. The Balaban J connectivity index is 3.32. The third-order valence-corrected chi connectivity index (χ3v) is 3.24. The molecule has 0 aromatic rings. The van der Waals surface area contributed by atoms with Crippen LogP contribution in [0.25, 0.3) is 0 Å². The lowest BCUT2D eigenvalue weighted by atomic mass is 10.3. The fraction of sp³-hybridized carbons (Fsp3) is 0.909. The van der Waals surface area contributed by atoms with Crippen LogP contribution in [0.2, 0.25) is 0 Å². The van der Waals surface area contributed by atoms with Crippen molar-refractivity contribution >= 4 is 17.5 Å². The van der Waals surface area contributed by atoms with Crippen LogP contribution in [0, 0.1) is 0 Å². The van der Waals surface area contributed by atoms with Crippen molar-refractivity contribution in [3.63, 3.8) is 0 Å². The van der Waals surface area contributed by atoms with Crippen molar-refractivity contribution in [2.24, 2.45) is 0 Å². The van der Waals surface area contributed by atoms with Crippen molar-refractivity contribution in [3.8, 4) is 0 Å². The number of hydrogen-bond acceptors (Lipinski definition) is 3. The molecule has 0 amide bonds. The average molecular weight is 217 g/mol. The number of hydrogen-bond donors (Lipinski definition) is 0. The highest BCUT2D eigenvalue weighted by atomic mass is 32.2. The molecule has 0 atom stereocenters. The molecule has 0 aromatic carbocycles. The molecule has 84 valence electrons. The van der Waals surface area contributed by atoms with Gasteiger partial charge < -0.3 is 4.90 Å². The van der Waals surface area contributed by atoms with E-state index in [2.05, 4.69) is 25.7 Å². The largest absolute Gasteiger partial charge is 0.303 e. The molecule has 0 fully saturated rings. The van der Waals surface area contributed by atoms with E-state index < -0.39 is 0 Å². The van der Waals surface area contributed by atoms with Gasteiger partial charge in [-0.15, -0.1) is 0 Å². The molecule has 0 unspecified atom stereocenters. The van der Waals surface area contributed by atoms with E-state index in [0.29, 0.717) is 11.5 Å². The normalized spacial score (nSPS) is 10.9. The highest BCUT2D eigenvalue weighted by Gasteiger charge is 2.02. The van der Waals surface area contributed by atoms with E-state index in [1.807, 2.05) is 0 Å². The Hall–Kier alpha value is -0.0200. The fourth-order valence-corrected chi connectivity index (χ4v) is 2.17. The number of rotatable bonds is 9. The topological polar surface area (TPSA) is 20.3 Å². The molecule has 0 spiro atoms. The van der Waals surface area contributed by atoms with E-state index >= 15 is 0 Å². The minimum atomic E-state index is 0.400. The molecule has 0 aromatic heterocycles. The van der Waals surface area contributed by atoms with Crippen LogP contribution in [-0.4, -0.2) is 41.8 Å². The van der Waals surface area contributed by atoms with E-state index in [-0.39, 0.29) is 0 Å². The lowest BCUT2D eigenvalue weighted by Gasteiger charge is -2.16. The first-order valence-electron chi connectivity index (χ1n) is 5.56. The number of ketones is 1. The Kier molecular flexibility index (Phi) is 9.52. The van der Waals surface area contributed by atoms with Gasteiger partial charge in [0.1, 0.15) is 5.78 Å². The van der Waals surface area contributed by atoms with E-state index in [4.69, 9.17) is 0 Å². The molecule has 0 heterocycles. The molecule has 0 saturated carbocycles. The fourth-order valence-electron chi connectivity index (χ4n) is 1.27. The molecule has 0 aliphatic rings. The summed E-state index contributed by atoms with van der Waals surface area (Å²) in [6.07, 6.45) is 1.73. The van der Waals surface area contributed by atoms with Crippen LogP contribution < -0.4 is 0 Å². The Morgan fingerprint density at radius 3 is 2.36 bits per heavy atom. The van der Waals surface area contributed by atoms with E-state index in [1.165, 1.54) is 0 Å². The van der Waals surface area contributed by atoms with Gasteiger partial charge in [-0.3, -0.25) is 4.79 Å². The van der Waals surface area contributed by atoms with Crippen LogP contribution in [0.4, 0.5) is 0 Å². The quantitative estimate of drug-likeness (QED) is 0.553. The standard InChI is InChI=1S/C11H23NOS/c1-4-7-11(13)10-14-9-8-12(5-2)6-3/h4-10H2,1-3H3. The minimum Gasteiger partial charge on any atom is -0.303 e. The Bertz CT molecular complexity index is 146. The Labute approximate surface area is 92.4 Å². The molecule has 3 heteroatoms. The van der Waals surface area contributed by atoms with Crippen LogP contribution in [0.5, 0.6) is 0 Å². The summed E-state index contributed by atoms with van der Waals surface area (Å²) in [6.45, 7) is 9.74.